The topological polar surface area (TPSA) is 54.9 Å². The lowest BCUT2D eigenvalue weighted by Crippen LogP contribution is -2.11. The van der Waals surface area contributed by atoms with Gasteiger partial charge in [-0.05, 0) is 43.4 Å². The van der Waals surface area contributed by atoms with Gasteiger partial charge in [0.05, 0.1) is 32.1 Å². The van der Waals surface area contributed by atoms with Crippen LogP contribution in [0.2, 0.25) is 0 Å². The van der Waals surface area contributed by atoms with Gasteiger partial charge in [0.15, 0.2) is 0 Å². The molecule has 0 aliphatic carbocycles. The van der Waals surface area contributed by atoms with Crippen LogP contribution in [0.5, 0.6) is 0 Å². The third-order valence-electron chi connectivity index (χ3n) is 3.36. The quantitative estimate of drug-likeness (QED) is 0.675. The number of para-hydroxylation sites is 1. The molecule has 118 valence electrons. The van der Waals surface area contributed by atoms with Crippen LogP contribution in [0.25, 0.3) is 10.2 Å². The summed E-state index contributed by atoms with van der Waals surface area (Å²) >= 11 is 3.28. The van der Waals surface area contributed by atoms with Crippen LogP contribution in [0, 0.1) is 0 Å². The number of carbonyl (C=O) groups excluding carboxylic acids is 1. The maximum Gasteiger partial charge on any atom is 0.224 e. The lowest BCUT2D eigenvalue weighted by molar-refractivity contribution is -0.116. The molecule has 23 heavy (non-hydrogen) atoms. The third-order valence-corrected chi connectivity index (χ3v) is 5.12. The van der Waals surface area contributed by atoms with E-state index in [1.807, 2.05) is 36.6 Å². The molecule has 6 heteroatoms. The summed E-state index contributed by atoms with van der Waals surface area (Å²) in [5.74, 6) is 0.0183. The Morgan fingerprint density at radius 2 is 2.13 bits per heavy atom. The van der Waals surface area contributed by atoms with Crippen molar-refractivity contribution in [1.29, 1.82) is 0 Å². The van der Waals surface area contributed by atoms with E-state index in [1.54, 1.807) is 29.3 Å². The van der Waals surface area contributed by atoms with Gasteiger partial charge in [0.25, 0.3) is 0 Å². The maximum absolute atomic E-state index is 12.0. The molecule has 2 aromatic heterocycles. The summed E-state index contributed by atoms with van der Waals surface area (Å²) in [6.45, 7) is 0. The minimum atomic E-state index is 0.0183. The first-order valence-electron chi connectivity index (χ1n) is 7.39. The number of hydrogen-bond donors (Lipinski definition) is 1. The Morgan fingerprint density at radius 3 is 2.87 bits per heavy atom. The zero-order chi connectivity index (χ0) is 16.1. The number of rotatable bonds is 6. The lowest BCUT2D eigenvalue weighted by atomic mass is 10.2. The van der Waals surface area contributed by atoms with Crippen LogP contribution in [0.4, 0.5) is 5.69 Å². The highest BCUT2D eigenvalue weighted by atomic mass is 32.2. The van der Waals surface area contributed by atoms with Crippen molar-refractivity contribution in [3.05, 3.63) is 47.6 Å². The highest BCUT2D eigenvalue weighted by Gasteiger charge is 2.06. The van der Waals surface area contributed by atoms with Gasteiger partial charge in [0.2, 0.25) is 5.91 Å². The number of fused-ring (bicyclic) bond motifs is 1. The van der Waals surface area contributed by atoms with Gasteiger partial charge in [-0.1, -0.05) is 12.1 Å². The highest BCUT2D eigenvalue weighted by molar-refractivity contribution is 7.98. The monoisotopic (exact) mass is 343 g/mol. The predicted octanol–water partition coefficient (Wildman–Crippen LogP) is 4.37. The summed E-state index contributed by atoms with van der Waals surface area (Å²) in [6.07, 6.45) is 5.78. The molecule has 1 N–H and O–H groups in total. The van der Waals surface area contributed by atoms with Gasteiger partial charge < -0.3 is 5.32 Å². The highest BCUT2D eigenvalue weighted by Crippen LogP contribution is 2.22. The number of amides is 1. The summed E-state index contributed by atoms with van der Waals surface area (Å²) in [7, 11) is 0. The van der Waals surface area contributed by atoms with E-state index in [0.29, 0.717) is 6.42 Å². The number of anilines is 1. The zero-order valence-electron chi connectivity index (χ0n) is 12.8. The Bertz CT molecular complexity index is 766. The molecule has 2 heterocycles. The Hall–Kier alpha value is -1.92. The van der Waals surface area contributed by atoms with Crippen molar-refractivity contribution in [1.82, 2.24) is 9.97 Å². The Morgan fingerprint density at radius 1 is 1.26 bits per heavy atom. The van der Waals surface area contributed by atoms with Gasteiger partial charge in [-0.15, -0.1) is 23.1 Å². The Labute approximate surface area is 143 Å². The molecule has 3 rings (SSSR count). The summed E-state index contributed by atoms with van der Waals surface area (Å²) < 4.78 is 1.20. The number of thioether (sulfide) groups is 1. The van der Waals surface area contributed by atoms with Crippen LogP contribution in [0.1, 0.15) is 17.8 Å². The largest absolute Gasteiger partial charge is 0.325 e. The lowest BCUT2D eigenvalue weighted by Gasteiger charge is -2.04. The van der Waals surface area contributed by atoms with E-state index >= 15 is 0 Å². The fraction of sp³-hybridized carbons (Fsp3) is 0.235. The molecule has 0 saturated heterocycles. The van der Waals surface area contributed by atoms with Gasteiger partial charge in [-0.3, -0.25) is 4.79 Å². The van der Waals surface area contributed by atoms with Crippen LogP contribution >= 0.6 is 23.1 Å². The van der Waals surface area contributed by atoms with E-state index in [4.69, 9.17) is 0 Å². The number of aryl methyl sites for hydroxylation is 1. The number of benzene rings is 1. The van der Waals surface area contributed by atoms with Crippen molar-refractivity contribution in [2.45, 2.75) is 24.3 Å². The SMILES string of the molecule is CSc1ccc(NC(=O)CCCc2nc3ccccc3s2)cn1. The van der Waals surface area contributed by atoms with E-state index in [1.165, 1.54) is 4.70 Å². The molecule has 1 amide bonds. The number of hydrogen-bond acceptors (Lipinski definition) is 5. The molecular weight excluding hydrogens is 326 g/mol. The van der Waals surface area contributed by atoms with Crippen molar-refractivity contribution < 1.29 is 4.79 Å². The molecule has 1 aromatic carbocycles. The van der Waals surface area contributed by atoms with Crippen molar-refractivity contribution in [3.63, 3.8) is 0 Å². The van der Waals surface area contributed by atoms with Gasteiger partial charge in [0, 0.05) is 6.42 Å². The first-order valence-corrected chi connectivity index (χ1v) is 9.43. The molecule has 4 nitrogen and oxygen atoms in total. The second-order valence-electron chi connectivity index (χ2n) is 5.07. The number of aromatic nitrogens is 2. The van der Waals surface area contributed by atoms with Crippen LogP contribution < -0.4 is 5.32 Å². The summed E-state index contributed by atoms with van der Waals surface area (Å²) in [5.41, 5.74) is 1.78. The standard InChI is InChI=1S/C17H17N3OS2/c1-22-16-10-9-12(11-18-16)19-15(21)7-4-8-17-20-13-5-2-3-6-14(13)23-17/h2-3,5-6,9-11H,4,7-8H2,1H3,(H,19,21). The van der Waals surface area contributed by atoms with Crippen LogP contribution in [-0.4, -0.2) is 22.1 Å². The number of pyridine rings is 1. The molecule has 3 aromatic rings. The Balaban J connectivity index is 1.48. The second-order valence-corrected chi connectivity index (χ2v) is 7.01. The first-order chi connectivity index (χ1) is 11.2. The van der Waals surface area contributed by atoms with Crippen LogP contribution in [0.3, 0.4) is 0 Å². The average molecular weight is 343 g/mol. The summed E-state index contributed by atoms with van der Waals surface area (Å²) in [6, 6.07) is 11.9. The van der Waals surface area contributed by atoms with Crippen molar-refractivity contribution in [2.75, 3.05) is 11.6 Å². The number of nitrogens with zero attached hydrogens (tertiary/aromatic N) is 2. The first kappa shape index (κ1) is 16.0. The Kier molecular flexibility index (Phi) is 5.25. The molecule has 0 aliphatic rings. The fourth-order valence-corrected chi connectivity index (χ4v) is 3.60. The van der Waals surface area contributed by atoms with E-state index in [2.05, 4.69) is 21.4 Å². The van der Waals surface area contributed by atoms with Crippen LogP contribution in [0.15, 0.2) is 47.6 Å². The molecule has 0 spiro atoms. The molecular formula is C17H17N3OS2. The smallest absolute Gasteiger partial charge is 0.224 e. The van der Waals surface area contributed by atoms with Gasteiger partial charge in [-0.25, -0.2) is 9.97 Å². The van der Waals surface area contributed by atoms with Crippen molar-refractivity contribution >= 4 is 44.9 Å². The molecule has 0 unspecified atom stereocenters. The molecule has 0 fully saturated rings. The molecule has 0 saturated carbocycles. The van der Waals surface area contributed by atoms with E-state index in [9.17, 15) is 4.79 Å². The maximum atomic E-state index is 12.0. The fourth-order valence-electron chi connectivity index (χ4n) is 2.23. The van der Waals surface area contributed by atoms with E-state index < -0.39 is 0 Å². The molecule has 0 radical (unpaired) electrons. The third kappa shape index (κ3) is 4.30. The molecule has 0 atom stereocenters. The summed E-state index contributed by atoms with van der Waals surface area (Å²) in [4.78, 5) is 20.8. The minimum absolute atomic E-state index is 0.0183. The van der Waals surface area contributed by atoms with Gasteiger partial charge in [-0.2, -0.15) is 0 Å². The number of carbonyl (C=O) groups is 1. The zero-order valence-corrected chi connectivity index (χ0v) is 14.4. The second kappa shape index (κ2) is 7.57. The number of thiazole rings is 1. The van der Waals surface area contributed by atoms with Gasteiger partial charge in [0.1, 0.15) is 0 Å². The van der Waals surface area contributed by atoms with E-state index in [0.717, 1.165) is 34.1 Å². The number of nitrogens with one attached hydrogen (secondary N) is 1. The van der Waals surface area contributed by atoms with Crippen molar-refractivity contribution in [3.8, 4) is 0 Å². The average Bonchev–Trinajstić information content (AvgIpc) is 2.98. The van der Waals surface area contributed by atoms with Crippen molar-refractivity contribution in [2.24, 2.45) is 0 Å². The van der Waals surface area contributed by atoms with E-state index in [-0.39, 0.29) is 5.91 Å². The van der Waals surface area contributed by atoms with Crippen LogP contribution in [-0.2, 0) is 11.2 Å². The minimum Gasteiger partial charge on any atom is -0.325 e. The molecule has 0 bridgehead atoms. The predicted molar refractivity (Wildman–Crippen MR) is 97.2 cm³/mol. The molecule has 0 aliphatic heterocycles. The van der Waals surface area contributed by atoms with Gasteiger partial charge >= 0.3 is 0 Å². The summed E-state index contributed by atoms with van der Waals surface area (Å²) in [5, 5.41) is 4.91. The normalized spacial score (nSPS) is 10.8.